The van der Waals surface area contributed by atoms with E-state index in [2.05, 4.69) is 75.4 Å². The minimum atomic E-state index is -0.287. The standard InChI is InChI=1S/C25H11NO2/c1-2-3-4-5-6-7-8-9-10-11-12-13-14-15-18-21-26-24(27)22-19-16-17-20-23(22)25(26)28/h14-20H,1,21H2/b18-15-. The second kappa shape index (κ2) is 10.9. The number of fused-ring (bicyclic) bond motifs is 1. The Morgan fingerprint density at radius 3 is 1.82 bits per heavy atom. The topological polar surface area (TPSA) is 37.4 Å². The molecule has 0 saturated heterocycles. The first-order valence-corrected chi connectivity index (χ1v) is 7.97. The van der Waals surface area contributed by atoms with Crippen LogP contribution < -0.4 is 0 Å². The average Bonchev–Trinajstić information content (AvgIpc) is 2.96. The highest BCUT2D eigenvalue weighted by atomic mass is 16.2. The van der Waals surface area contributed by atoms with Gasteiger partial charge in [0.05, 0.1) is 11.1 Å². The van der Waals surface area contributed by atoms with Gasteiger partial charge in [0.25, 0.3) is 11.8 Å². The van der Waals surface area contributed by atoms with Gasteiger partial charge in [-0.2, -0.15) is 0 Å². The molecular weight excluding hydrogens is 346 g/mol. The van der Waals surface area contributed by atoms with Crippen LogP contribution in [0.1, 0.15) is 20.7 Å². The number of allylic oxidation sites excluding steroid dienone is 2. The van der Waals surface area contributed by atoms with E-state index < -0.39 is 0 Å². The van der Waals surface area contributed by atoms with E-state index in [0.29, 0.717) is 11.1 Å². The maximum absolute atomic E-state index is 12.2. The molecular formula is C25H11NO2. The molecule has 0 atom stereocenters. The molecule has 1 heterocycles. The molecule has 3 nitrogen and oxygen atoms in total. The third kappa shape index (κ3) is 5.63. The van der Waals surface area contributed by atoms with Crippen LogP contribution in [0.2, 0.25) is 0 Å². The van der Waals surface area contributed by atoms with Gasteiger partial charge in [0.1, 0.15) is 0 Å². The highest BCUT2D eigenvalue weighted by Gasteiger charge is 2.33. The van der Waals surface area contributed by atoms with Gasteiger partial charge in [-0.25, -0.2) is 0 Å². The Labute approximate surface area is 162 Å². The van der Waals surface area contributed by atoms with E-state index in [1.54, 1.807) is 42.5 Å². The Balaban J connectivity index is 2.04. The quantitative estimate of drug-likeness (QED) is 0.468. The first kappa shape index (κ1) is 19.5. The molecule has 0 bridgehead atoms. The SMILES string of the molecule is C=C=C=C=C=C=C=C=C=C=C=C=C=C/C=C\CN1C(=O)c2ccccc2C1=O. The van der Waals surface area contributed by atoms with Crippen molar-refractivity contribution < 1.29 is 9.59 Å². The molecule has 2 amide bonds. The molecule has 0 saturated carbocycles. The van der Waals surface area contributed by atoms with E-state index in [4.69, 9.17) is 0 Å². The van der Waals surface area contributed by atoms with Crippen molar-refractivity contribution in [1.29, 1.82) is 0 Å². The fraction of sp³-hybridized carbons (Fsp3) is 0.0400. The maximum Gasteiger partial charge on any atom is 0.261 e. The molecule has 0 aromatic heterocycles. The number of hydrogen-bond acceptors (Lipinski definition) is 2. The van der Waals surface area contributed by atoms with Gasteiger partial charge in [0.2, 0.25) is 0 Å². The number of carbonyl (C=O) groups excluding carboxylic acids is 2. The predicted molar refractivity (Wildman–Crippen MR) is 103 cm³/mol. The summed E-state index contributed by atoms with van der Waals surface area (Å²) in [7, 11) is 0. The summed E-state index contributed by atoms with van der Waals surface area (Å²) in [5.74, 6) is -0.574. The molecule has 0 fully saturated rings. The lowest BCUT2D eigenvalue weighted by molar-refractivity contribution is 0.0672. The first-order valence-electron chi connectivity index (χ1n) is 7.97. The lowest BCUT2D eigenvalue weighted by Gasteiger charge is -2.09. The molecule has 128 valence electrons. The van der Waals surface area contributed by atoms with E-state index in [-0.39, 0.29) is 18.4 Å². The van der Waals surface area contributed by atoms with Crippen molar-refractivity contribution in [3.8, 4) is 0 Å². The summed E-state index contributed by atoms with van der Waals surface area (Å²) in [4.78, 5) is 25.5. The zero-order valence-electron chi connectivity index (χ0n) is 14.7. The van der Waals surface area contributed by atoms with Gasteiger partial charge in [-0.3, -0.25) is 14.5 Å². The summed E-state index contributed by atoms with van der Waals surface area (Å²) < 4.78 is 0. The van der Waals surface area contributed by atoms with E-state index in [9.17, 15) is 9.59 Å². The molecule has 0 unspecified atom stereocenters. The van der Waals surface area contributed by atoms with Crippen molar-refractivity contribution in [2.24, 2.45) is 0 Å². The van der Waals surface area contributed by atoms with Crippen molar-refractivity contribution in [1.82, 2.24) is 4.90 Å². The molecule has 28 heavy (non-hydrogen) atoms. The van der Waals surface area contributed by atoms with Crippen LogP contribution in [0.25, 0.3) is 0 Å². The van der Waals surface area contributed by atoms with Crippen molar-refractivity contribution in [3.63, 3.8) is 0 Å². The molecule has 0 N–H and O–H groups in total. The second-order valence-corrected chi connectivity index (χ2v) is 4.93. The zero-order chi connectivity index (χ0) is 20.0. The van der Waals surface area contributed by atoms with Crippen molar-refractivity contribution in [3.05, 3.63) is 129 Å². The minimum Gasteiger partial charge on any atom is -0.270 e. The monoisotopic (exact) mass is 357 g/mol. The van der Waals surface area contributed by atoms with Gasteiger partial charge < -0.3 is 0 Å². The molecule has 0 aliphatic carbocycles. The molecule has 2 rings (SSSR count). The Morgan fingerprint density at radius 2 is 1.29 bits per heavy atom. The third-order valence-corrected chi connectivity index (χ3v) is 3.20. The van der Waals surface area contributed by atoms with Crippen LogP contribution >= 0.6 is 0 Å². The third-order valence-electron chi connectivity index (χ3n) is 3.20. The Bertz CT molecular complexity index is 1280. The van der Waals surface area contributed by atoms with Gasteiger partial charge >= 0.3 is 0 Å². The van der Waals surface area contributed by atoms with E-state index in [1.165, 1.54) is 4.90 Å². The van der Waals surface area contributed by atoms with E-state index >= 15 is 0 Å². The van der Waals surface area contributed by atoms with Crippen LogP contribution in [-0.4, -0.2) is 23.3 Å². The second-order valence-electron chi connectivity index (χ2n) is 4.93. The first-order chi connectivity index (χ1) is 13.8. The predicted octanol–water partition coefficient (Wildman–Crippen LogP) is 3.89. The summed E-state index contributed by atoms with van der Waals surface area (Å²) in [6.45, 7) is 3.49. The molecule has 0 radical (unpaired) electrons. The smallest absolute Gasteiger partial charge is 0.261 e. The summed E-state index contributed by atoms with van der Waals surface area (Å²) in [5, 5.41) is 0. The van der Waals surface area contributed by atoms with Crippen LogP contribution in [0.4, 0.5) is 0 Å². The van der Waals surface area contributed by atoms with Gasteiger partial charge in [-0.05, 0) is 82.1 Å². The van der Waals surface area contributed by atoms with Crippen LogP contribution in [0.15, 0.2) is 118 Å². The summed E-state index contributed by atoms with van der Waals surface area (Å²) in [6.07, 6.45) is 4.90. The number of hydrogen-bond donors (Lipinski definition) is 0. The largest absolute Gasteiger partial charge is 0.270 e. The van der Waals surface area contributed by atoms with Gasteiger partial charge in [0.15, 0.2) is 0 Å². The van der Waals surface area contributed by atoms with Crippen LogP contribution in [0, 0.1) is 0 Å². The number of nitrogens with zero attached hydrogens (tertiary/aromatic N) is 1. The molecule has 1 aliphatic rings. The Hall–Kier alpha value is -4.80. The minimum absolute atomic E-state index is 0.184. The van der Waals surface area contributed by atoms with Crippen molar-refractivity contribution >= 4 is 11.8 Å². The number of benzene rings is 1. The molecule has 1 aliphatic heterocycles. The molecule has 1 aromatic carbocycles. The lowest BCUT2D eigenvalue weighted by Crippen LogP contribution is -2.29. The van der Waals surface area contributed by atoms with E-state index in [0.717, 1.165) is 0 Å². The summed E-state index contributed by atoms with van der Waals surface area (Å²) in [6, 6.07) is 6.77. The fourth-order valence-electron chi connectivity index (χ4n) is 2.06. The van der Waals surface area contributed by atoms with Crippen molar-refractivity contribution in [2.75, 3.05) is 6.54 Å². The number of imide groups is 1. The number of rotatable bonds is 3. The van der Waals surface area contributed by atoms with Crippen LogP contribution in [-0.2, 0) is 0 Å². The maximum atomic E-state index is 12.2. The average molecular weight is 357 g/mol. The Morgan fingerprint density at radius 1 is 0.786 bits per heavy atom. The summed E-state index contributed by atoms with van der Waals surface area (Å²) in [5.41, 5.74) is 31.1. The fourth-order valence-corrected chi connectivity index (χ4v) is 2.06. The molecule has 1 aromatic rings. The number of carbonyl (C=O) groups is 2. The van der Waals surface area contributed by atoms with E-state index in [1.807, 2.05) is 0 Å². The number of amides is 2. The Kier molecular flexibility index (Phi) is 7.63. The molecule has 0 spiro atoms. The highest BCUT2D eigenvalue weighted by molar-refractivity contribution is 6.21. The highest BCUT2D eigenvalue weighted by Crippen LogP contribution is 2.21. The van der Waals surface area contributed by atoms with Gasteiger partial charge in [-0.15, -0.1) is 0 Å². The van der Waals surface area contributed by atoms with Gasteiger partial charge in [-0.1, -0.05) is 35.7 Å². The van der Waals surface area contributed by atoms with Crippen molar-refractivity contribution in [2.45, 2.75) is 0 Å². The van der Waals surface area contributed by atoms with Crippen LogP contribution in [0.3, 0.4) is 0 Å². The zero-order valence-corrected chi connectivity index (χ0v) is 14.7. The normalized spacial score (nSPS) is 10.1. The van der Waals surface area contributed by atoms with Crippen LogP contribution in [0.5, 0.6) is 0 Å². The lowest BCUT2D eigenvalue weighted by atomic mass is 10.1. The summed E-state index contributed by atoms with van der Waals surface area (Å²) >= 11 is 0. The molecule has 3 heteroatoms. The van der Waals surface area contributed by atoms with Gasteiger partial charge in [0, 0.05) is 6.54 Å².